The molecule has 0 radical (unpaired) electrons. The van der Waals surface area contributed by atoms with Crippen LogP contribution >= 0.6 is 0 Å². The van der Waals surface area contributed by atoms with Crippen molar-refractivity contribution in [2.75, 3.05) is 11.1 Å². The zero-order valence-corrected chi connectivity index (χ0v) is 10.6. The number of carbonyl (C=O) groups is 1. The van der Waals surface area contributed by atoms with Gasteiger partial charge in [0.2, 0.25) is 0 Å². The fourth-order valence-corrected chi connectivity index (χ4v) is 1.67. The van der Waals surface area contributed by atoms with Gasteiger partial charge in [-0.05, 0) is 26.8 Å². The van der Waals surface area contributed by atoms with Gasteiger partial charge in [-0.15, -0.1) is 0 Å². The van der Waals surface area contributed by atoms with E-state index >= 15 is 0 Å². The third kappa shape index (κ3) is 2.06. The zero-order valence-electron chi connectivity index (χ0n) is 10.6. The number of nitrogen functional groups attached to an aromatic ring is 1. The minimum atomic E-state index is -0.268. The average Bonchev–Trinajstić information content (AvgIpc) is 2.86. The molecule has 18 heavy (non-hydrogen) atoms. The highest BCUT2D eigenvalue weighted by molar-refractivity contribution is 6.04. The fourth-order valence-electron chi connectivity index (χ4n) is 1.67. The van der Waals surface area contributed by atoms with Gasteiger partial charge in [0.1, 0.15) is 5.69 Å². The molecule has 2 heterocycles. The summed E-state index contributed by atoms with van der Waals surface area (Å²) < 4.78 is 1.64. The van der Waals surface area contributed by atoms with E-state index in [1.807, 2.05) is 13.8 Å². The zero-order chi connectivity index (χ0) is 13.3. The molecule has 0 aliphatic carbocycles. The quantitative estimate of drug-likeness (QED) is 0.756. The molecule has 0 saturated heterocycles. The van der Waals surface area contributed by atoms with Crippen LogP contribution in [0.3, 0.4) is 0 Å². The van der Waals surface area contributed by atoms with Gasteiger partial charge in [-0.3, -0.25) is 14.6 Å². The monoisotopic (exact) mass is 248 g/mol. The molecule has 1 amide bonds. The number of aromatic nitrogens is 4. The number of anilines is 2. The second-order valence-electron chi connectivity index (χ2n) is 4.05. The molecule has 0 aliphatic rings. The number of aromatic amines is 1. The second kappa shape index (κ2) is 4.52. The first kappa shape index (κ1) is 12.2. The minimum absolute atomic E-state index is 0.268. The van der Waals surface area contributed by atoms with E-state index in [2.05, 4.69) is 20.6 Å². The molecule has 0 atom stereocenters. The molecule has 0 spiro atoms. The average molecular weight is 248 g/mol. The van der Waals surface area contributed by atoms with Gasteiger partial charge in [0.25, 0.3) is 5.91 Å². The van der Waals surface area contributed by atoms with Crippen LogP contribution in [0.4, 0.5) is 11.5 Å². The van der Waals surface area contributed by atoms with E-state index in [-0.39, 0.29) is 5.91 Å². The van der Waals surface area contributed by atoms with E-state index in [1.54, 1.807) is 17.7 Å². The summed E-state index contributed by atoms with van der Waals surface area (Å²) in [5.74, 6) is 0.0784. The van der Waals surface area contributed by atoms with Crippen molar-refractivity contribution < 1.29 is 4.79 Å². The highest BCUT2D eigenvalue weighted by Gasteiger charge is 2.16. The van der Waals surface area contributed by atoms with E-state index in [9.17, 15) is 4.79 Å². The molecule has 2 rings (SSSR count). The van der Waals surface area contributed by atoms with Crippen molar-refractivity contribution in [2.45, 2.75) is 27.3 Å². The summed E-state index contributed by atoms with van der Waals surface area (Å²) in [7, 11) is 0. The van der Waals surface area contributed by atoms with Gasteiger partial charge in [0.15, 0.2) is 5.82 Å². The molecule has 2 aromatic heterocycles. The van der Waals surface area contributed by atoms with E-state index in [0.29, 0.717) is 23.7 Å². The van der Waals surface area contributed by atoms with Crippen LogP contribution in [0.15, 0.2) is 6.07 Å². The highest BCUT2D eigenvalue weighted by atomic mass is 16.2. The SMILES string of the molecule is CCn1nc(C)cc1C(=O)Nc1n[nH]c(C)c1N. The Hall–Kier alpha value is -2.31. The van der Waals surface area contributed by atoms with Crippen LogP contribution in [0.2, 0.25) is 0 Å². The molecular formula is C11H16N6O. The van der Waals surface area contributed by atoms with E-state index in [0.717, 1.165) is 11.4 Å². The van der Waals surface area contributed by atoms with E-state index in [1.165, 1.54) is 0 Å². The Labute approximate surface area is 104 Å². The Morgan fingerprint density at radius 1 is 1.56 bits per heavy atom. The summed E-state index contributed by atoms with van der Waals surface area (Å²) in [5, 5.41) is 13.5. The number of hydrogen-bond acceptors (Lipinski definition) is 4. The molecule has 2 aromatic rings. The van der Waals surface area contributed by atoms with E-state index < -0.39 is 0 Å². The van der Waals surface area contributed by atoms with Crippen LogP contribution in [0.5, 0.6) is 0 Å². The lowest BCUT2D eigenvalue weighted by molar-refractivity contribution is 0.101. The number of H-pyrrole nitrogens is 1. The molecule has 0 aromatic carbocycles. The van der Waals surface area contributed by atoms with Gasteiger partial charge in [0.05, 0.1) is 17.1 Å². The van der Waals surface area contributed by atoms with Crippen molar-refractivity contribution >= 4 is 17.4 Å². The molecule has 0 unspecified atom stereocenters. The first-order valence-corrected chi connectivity index (χ1v) is 5.69. The van der Waals surface area contributed by atoms with Gasteiger partial charge in [-0.25, -0.2) is 0 Å². The Kier molecular flexibility index (Phi) is 3.05. The third-order valence-corrected chi connectivity index (χ3v) is 2.66. The van der Waals surface area contributed by atoms with Crippen molar-refractivity contribution in [2.24, 2.45) is 0 Å². The second-order valence-corrected chi connectivity index (χ2v) is 4.05. The maximum atomic E-state index is 12.1. The summed E-state index contributed by atoms with van der Waals surface area (Å²) >= 11 is 0. The predicted molar refractivity (Wildman–Crippen MR) is 68.3 cm³/mol. The topological polar surface area (TPSA) is 102 Å². The first-order valence-electron chi connectivity index (χ1n) is 5.69. The molecule has 96 valence electrons. The summed E-state index contributed by atoms with van der Waals surface area (Å²) in [6.45, 7) is 6.19. The minimum Gasteiger partial charge on any atom is -0.394 e. The largest absolute Gasteiger partial charge is 0.394 e. The molecule has 7 heteroatoms. The summed E-state index contributed by atoms with van der Waals surface area (Å²) in [6.07, 6.45) is 0. The maximum Gasteiger partial charge on any atom is 0.275 e. The van der Waals surface area contributed by atoms with Crippen molar-refractivity contribution in [1.82, 2.24) is 20.0 Å². The van der Waals surface area contributed by atoms with Crippen LogP contribution in [0.25, 0.3) is 0 Å². The Morgan fingerprint density at radius 3 is 2.83 bits per heavy atom. The Balaban J connectivity index is 2.24. The Bertz CT molecular complexity index is 582. The van der Waals surface area contributed by atoms with Crippen molar-refractivity contribution in [3.63, 3.8) is 0 Å². The fraction of sp³-hybridized carbons (Fsp3) is 0.364. The number of rotatable bonds is 3. The van der Waals surface area contributed by atoms with Gasteiger partial charge >= 0.3 is 0 Å². The molecule has 0 aliphatic heterocycles. The van der Waals surface area contributed by atoms with Gasteiger partial charge in [0, 0.05) is 6.54 Å². The van der Waals surface area contributed by atoms with Crippen molar-refractivity contribution in [3.8, 4) is 0 Å². The predicted octanol–water partition coefficient (Wildman–Crippen LogP) is 1.08. The number of carbonyl (C=O) groups excluding carboxylic acids is 1. The lowest BCUT2D eigenvalue weighted by Crippen LogP contribution is -2.18. The molecule has 0 saturated carbocycles. The standard InChI is InChI=1S/C11H16N6O/c1-4-17-8(5-6(2)16-17)11(18)13-10-9(12)7(3)14-15-10/h5H,4,12H2,1-3H3,(H2,13,14,15,18). The molecule has 0 fully saturated rings. The van der Waals surface area contributed by atoms with Gasteiger partial charge < -0.3 is 11.1 Å². The number of nitrogens with two attached hydrogens (primary N) is 1. The molecule has 0 bridgehead atoms. The van der Waals surface area contributed by atoms with E-state index in [4.69, 9.17) is 5.73 Å². The normalized spacial score (nSPS) is 10.6. The number of nitrogens with zero attached hydrogens (tertiary/aromatic N) is 3. The summed E-state index contributed by atoms with van der Waals surface area (Å²) in [6, 6.07) is 1.73. The number of amides is 1. The first-order chi connectivity index (χ1) is 8.52. The van der Waals surface area contributed by atoms with Crippen LogP contribution in [0, 0.1) is 13.8 Å². The number of nitrogens with one attached hydrogen (secondary N) is 2. The summed E-state index contributed by atoms with van der Waals surface area (Å²) in [5.41, 5.74) is 8.24. The molecule has 7 nitrogen and oxygen atoms in total. The number of hydrogen-bond donors (Lipinski definition) is 3. The van der Waals surface area contributed by atoms with Crippen LogP contribution in [-0.4, -0.2) is 25.9 Å². The highest BCUT2D eigenvalue weighted by Crippen LogP contribution is 2.18. The maximum absolute atomic E-state index is 12.1. The lowest BCUT2D eigenvalue weighted by atomic mass is 10.3. The molecule has 4 N–H and O–H groups in total. The van der Waals surface area contributed by atoms with Gasteiger partial charge in [-0.2, -0.15) is 10.2 Å². The van der Waals surface area contributed by atoms with Crippen LogP contribution < -0.4 is 11.1 Å². The Morgan fingerprint density at radius 2 is 2.28 bits per heavy atom. The van der Waals surface area contributed by atoms with Crippen LogP contribution in [-0.2, 0) is 6.54 Å². The number of aryl methyl sites for hydroxylation is 3. The summed E-state index contributed by atoms with van der Waals surface area (Å²) in [4.78, 5) is 12.1. The molecular weight excluding hydrogens is 232 g/mol. The van der Waals surface area contributed by atoms with Crippen molar-refractivity contribution in [3.05, 3.63) is 23.1 Å². The van der Waals surface area contributed by atoms with Gasteiger partial charge in [-0.1, -0.05) is 0 Å². The lowest BCUT2D eigenvalue weighted by Gasteiger charge is -2.04. The smallest absolute Gasteiger partial charge is 0.275 e. The van der Waals surface area contributed by atoms with Crippen LogP contribution in [0.1, 0.15) is 28.8 Å². The van der Waals surface area contributed by atoms with Crippen molar-refractivity contribution in [1.29, 1.82) is 0 Å². The third-order valence-electron chi connectivity index (χ3n) is 2.66.